The number of ether oxygens (including phenoxy) is 4. The minimum atomic E-state index is -0.659. The van der Waals surface area contributed by atoms with Gasteiger partial charge in [0.1, 0.15) is 24.0 Å². The van der Waals surface area contributed by atoms with Gasteiger partial charge in [-0.1, -0.05) is 30.3 Å². The normalized spacial score (nSPS) is 26.5. The van der Waals surface area contributed by atoms with E-state index < -0.39 is 24.1 Å². The third-order valence-corrected chi connectivity index (χ3v) is 6.65. The number of nitrogens with zero attached hydrogens (tertiary/aromatic N) is 1. The van der Waals surface area contributed by atoms with E-state index in [4.69, 9.17) is 14.2 Å². The first-order valence-electron chi connectivity index (χ1n) is 11.9. The number of hydrogen-bond acceptors (Lipinski definition) is 8. The summed E-state index contributed by atoms with van der Waals surface area (Å²) in [6.07, 6.45) is 3.05. The van der Waals surface area contributed by atoms with E-state index in [-0.39, 0.29) is 30.6 Å². The van der Waals surface area contributed by atoms with Crippen molar-refractivity contribution >= 4 is 17.1 Å². The second-order valence-electron chi connectivity index (χ2n) is 9.05. The van der Waals surface area contributed by atoms with Crippen molar-refractivity contribution < 1.29 is 33.2 Å². The van der Waals surface area contributed by atoms with Gasteiger partial charge in [0.25, 0.3) is 0 Å². The summed E-state index contributed by atoms with van der Waals surface area (Å²) in [6.45, 7) is 0.513. The molecule has 5 heterocycles. The van der Waals surface area contributed by atoms with Crippen LogP contribution in [-0.2, 0) is 14.2 Å². The lowest BCUT2D eigenvalue weighted by atomic mass is 10.0. The zero-order valence-electron chi connectivity index (χ0n) is 19.8. The number of hydrogen-bond donors (Lipinski definition) is 4. The fourth-order valence-corrected chi connectivity index (χ4v) is 4.77. The Hall–Kier alpha value is -3.93. The molecule has 2 aromatic heterocycles. The minimum Gasteiger partial charge on any atom is -0.470 e. The Morgan fingerprint density at radius 3 is 2.76 bits per heavy atom. The topological polar surface area (TPSA) is 127 Å². The number of amides is 1. The van der Waals surface area contributed by atoms with Gasteiger partial charge >= 0.3 is 6.09 Å². The van der Waals surface area contributed by atoms with Gasteiger partial charge in [-0.3, -0.25) is 5.32 Å². The standard InChI is InChI=1S/C26H25FN4O6/c1-34-26(33)29-15-6-7-17(28-10-15)13-2-4-14(5-3-13)23-16(27)8-18-19(31-23)9-22(30-18)37-21-12-36-24-20(32)11-35-25(21)24/h2-10,17,20-21,24-25,28,30,32H,11-12H2,1H3,(H,29,33)/t17?,20-,21-,24-,25-/m1/s1. The Labute approximate surface area is 211 Å². The molecule has 3 aromatic rings. The van der Waals surface area contributed by atoms with Crippen LogP contribution in [0.4, 0.5) is 9.18 Å². The molecule has 2 saturated heterocycles. The summed E-state index contributed by atoms with van der Waals surface area (Å²) < 4.78 is 36.8. The monoisotopic (exact) mass is 508 g/mol. The average Bonchev–Trinajstić information content (AvgIpc) is 3.60. The molecular formula is C26H25FN4O6. The molecule has 10 nitrogen and oxygen atoms in total. The summed E-state index contributed by atoms with van der Waals surface area (Å²) in [5.74, 6) is -0.0322. The lowest BCUT2D eigenvalue weighted by Gasteiger charge is -2.19. The van der Waals surface area contributed by atoms with E-state index in [1.807, 2.05) is 30.3 Å². The number of methoxy groups -OCH3 is 1. The quantitative estimate of drug-likeness (QED) is 0.414. The van der Waals surface area contributed by atoms with Gasteiger partial charge in [0.2, 0.25) is 0 Å². The summed E-state index contributed by atoms with van der Waals surface area (Å²) in [5, 5.41) is 15.7. The number of nitrogens with one attached hydrogen (secondary N) is 3. The number of aromatic amines is 1. The molecule has 6 rings (SSSR count). The zero-order chi connectivity index (χ0) is 25.5. The van der Waals surface area contributed by atoms with Crippen molar-refractivity contribution in [3.8, 4) is 17.1 Å². The van der Waals surface area contributed by atoms with E-state index in [0.29, 0.717) is 34.8 Å². The summed E-state index contributed by atoms with van der Waals surface area (Å²) in [5.41, 5.74) is 3.48. The van der Waals surface area contributed by atoms with E-state index in [9.17, 15) is 9.90 Å². The number of benzene rings is 1. The van der Waals surface area contributed by atoms with Crippen LogP contribution in [0.5, 0.6) is 5.88 Å². The van der Waals surface area contributed by atoms with E-state index in [1.165, 1.54) is 13.2 Å². The molecule has 3 aliphatic heterocycles. The van der Waals surface area contributed by atoms with Crippen LogP contribution in [0.3, 0.4) is 0 Å². The summed E-state index contributed by atoms with van der Waals surface area (Å²) in [6, 6.07) is 10.4. The molecular weight excluding hydrogens is 483 g/mol. The van der Waals surface area contributed by atoms with E-state index in [0.717, 1.165) is 5.56 Å². The molecule has 0 spiro atoms. The molecule has 5 atom stereocenters. The van der Waals surface area contributed by atoms with Gasteiger partial charge in [-0.25, -0.2) is 14.2 Å². The first-order chi connectivity index (χ1) is 18.0. The van der Waals surface area contributed by atoms with Crippen LogP contribution in [0.15, 0.2) is 60.4 Å². The Balaban J connectivity index is 1.16. The molecule has 0 bridgehead atoms. The lowest BCUT2D eigenvalue weighted by Crippen LogP contribution is -2.34. The van der Waals surface area contributed by atoms with Crippen LogP contribution in [0.1, 0.15) is 11.6 Å². The number of aliphatic hydroxyl groups excluding tert-OH is 1. The maximum atomic E-state index is 15.0. The van der Waals surface area contributed by atoms with E-state index in [2.05, 4.69) is 25.3 Å². The largest absolute Gasteiger partial charge is 0.470 e. The maximum absolute atomic E-state index is 15.0. The molecule has 1 unspecified atom stereocenters. The number of fused-ring (bicyclic) bond motifs is 2. The second kappa shape index (κ2) is 9.51. The smallest absolute Gasteiger partial charge is 0.411 e. The molecule has 37 heavy (non-hydrogen) atoms. The number of carbonyl (C=O) groups excluding carboxylic acids is 1. The number of alkyl carbamates (subject to hydrolysis) is 1. The molecule has 192 valence electrons. The number of carbonyl (C=O) groups is 1. The average molecular weight is 509 g/mol. The van der Waals surface area contributed by atoms with Gasteiger partial charge in [0.15, 0.2) is 17.8 Å². The highest BCUT2D eigenvalue weighted by atomic mass is 19.1. The van der Waals surface area contributed by atoms with Gasteiger partial charge < -0.3 is 34.4 Å². The van der Waals surface area contributed by atoms with Crippen LogP contribution in [-0.4, -0.2) is 65.9 Å². The number of aliphatic hydroxyl groups is 1. The van der Waals surface area contributed by atoms with Crippen LogP contribution in [0, 0.1) is 5.82 Å². The van der Waals surface area contributed by atoms with Gasteiger partial charge in [-0.15, -0.1) is 0 Å². The summed E-state index contributed by atoms with van der Waals surface area (Å²) in [7, 11) is 1.30. The molecule has 4 N–H and O–H groups in total. The molecule has 2 fully saturated rings. The number of allylic oxidation sites excluding steroid dienone is 1. The Morgan fingerprint density at radius 2 is 2.00 bits per heavy atom. The van der Waals surface area contributed by atoms with Crippen molar-refractivity contribution in [2.75, 3.05) is 20.3 Å². The predicted octanol–water partition coefficient (Wildman–Crippen LogP) is 2.67. The molecule has 3 aliphatic rings. The lowest BCUT2D eigenvalue weighted by molar-refractivity contribution is 0.00794. The van der Waals surface area contributed by atoms with E-state index in [1.54, 1.807) is 18.3 Å². The van der Waals surface area contributed by atoms with Crippen molar-refractivity contribution in [2.45, 2.75) is 30.5 Å². The SMILES string of the molecule is COC(=O)NC1=CNC(c2ccc(-c3nc4cc(O[C@@H]5CO[C@H]6[C@@H]5OC[C@H]6O)[nH]c4cc3F)cc2)C=C1. The highest BCUT2D eigenvalue weighted by Crippen LogP contribution is 2.32. The first kappa shape index (κ1) is 23.5. The third-order valence-electron chi connectivity index (χ3n) is 6.65. The number of rotatable bonds is 5. The number of dihydropyridines is 1. The minimum absolute atomic E-state index is 0.106. The number of halogens is 1. The molecule has 11 heteroatoms. The fourth-order valence-electron chi connectivity index (χ4n) is 4.77. The first-order valence-corrected chi connectivity index (χ1v) is 11.9. The fraction of sp³-hybridized carbons (Fsp3) is 0.308. The van der Waals surface area contributed by atoms with Crippen molar-refractivity contribution in [3.63, 3.8) is 0 Å². The van der Waals surface area contributed by atoms with Crippen LogP contribution in [0.2, 0.25) is 0 Å². The molecule has 1 amide bonds. The summed E-state index contributed by atoms with van der Waals surface area (Å²) in [4.78, 5) is 18.9. The van der Waals surface area contributed by atoms with Crippen molar-refractivity contribution in [1.29, 1.82) is 0 Å². The molecule has 0 saturated carbocycles. The maximum Gasteiger partial charge on any atom is 0.411 e. The third kappa shape index (κ3) is 4.52. The van der Waals surface area contributed by atoms with Gasteiger partial charge in [0, 0.05) is 23.9 Å². The van der Waals surface area contributed by atoms with Crippen LogP contribution < -0.4 is 15.4 Å². The Bertz CT molecular complexity index is 1390. The highest BCUT2D eigenvalue weighted by Gasteiger charge is 2.48. The van der Waals surface area contributed by atoms with Crippen molar-refractivity contribution in [1.82, 2.24) is 20.6 Å². The predicted molar refractivity (Wildman–Crippen MR) is 130 cm³/mol. The Kier molecular flexibility index (Phi) is 6.03. The second-order valence-corrected chi connectivity index (χ2v) is 9.05. The van der Waals surface area contributed by atoms with Crippen LogP contribution >= 0.6 is 0 Å². The zero-order valence-corrected chi connectivity index (χ0v) is 19.8. The van der Waals surface area contributed by atoms with Gasteiger partial charge in [-0.2, -0.15) is 0 Å². The van der Waals surface area contributed by atoms with Crippen molar-refractivity contribution in [3.05, 3.63) is 71.8 Å². The van der Waals surface area contributed by atoms with Crippen molar-refractivity contribution in [2.24, 2.45) is 0 Å². The number of H-pyrrole nitrogens is 1. The van der Waals surface area contributed by atoms with Gasteiger partial charge in [-0.05, 0) is 11.6 Å². The van der Waals surface area contributed by atoms with E-state index >= 15 is 4.39 Å². The highest BCUT2D eigenvalue weighted by molar-refractivity contribution is 5.81. The van der Waals surface area contributed by atoms with Gasteiger partial charge in [0.05, 0.1) is 43.1 Å². The van der Waals surface area contributed by atoms with Crippen LogP contribution in [0.25, 0.3) is 22.3 Å². The number of pyridine rings is 1. The summed E-state index contributed by atoms with van der Waals surface area (Å²) >= 11 is 0. The molecule has 0 aliphatic carbocycles. The molecule has 1 aromatic carbocycles. The Morgan fingerprint density at radius 1 is 1.19 bits per heavy atom. The number of aromatic nitrogens is 2. The molecule has 0 radical (unpaired) electrons.